The molecule has 0 radical (unpaired) electrons. The minimum absolute atomic E-state index is 0.00617. The maximum atomic E-state index is 12.1. The van der Waals surface area contributed by atoms with Crippen LogP contribution in [0.1, 0.15) is 11.3 Å². The molecule has 0 aliphatic carbocycles. The molecule has 0 aliphatic rings. The molecule has 1 aromatic heterocycles. The Morgan fingerprint density at radius 2 is 2.08 bits per heavy atom. The van der Waals surface area contributed by atoms with E-state index in [0.29, 0.717) is 0 Å². The van der Waals surface area contributed by atoms with Crippen molar-refractivity contribution in [2.75, 3.05) is 0 Å². The Bertz CT molecular complexity index is 272. The van der Waals surface area contributed by atoms with Crippen molar-refractivity contribution in [2.24, 2.45) is 0 Å². The summed E-state index contributed by atoms with van der Waals surface area (Å²) in [4.78, 5) is 3.21. The van der Waals surface area contributed by atoms with Crippen molar-refractivity contribution in [3.63, 3.8) is 0 Å². The average molecular weight is 196 g/mol. The molecule has 0 unspecified atom stereocenters. The van der Waals surface area contributed by atoms with Gasteiger partial charge in [-0.05, 0) is 11.6 Å². The number of alkyl halides is 4. The summed E-state index contributed by atoms with van der Waals surface area (Å²) in [5, 5.41) is 0. The first-order valence-corrected chi connectivity index (χ1v) is 3.66. The second kappa shape index (κ2) is 3.31. The van der Waals surface area contributed by atoms with Crippen molar-refractivity contribution < 1.29 is 13.2 Å². The lowest BCUT2D eigenvalue weighted by Gasteiger charge is -2.08. The van der Waals surface area contributed by atoms with Gasteiger partial charge in [0.2, 0.25) is 0 Å². The highest BCUT2D eigenvalue weighted by molar-refractivity contribution is 6.17. The van der Waals surface area contributed by atoms with Gasteiger partial charge in [-0.15, -0.1) is 11.6 Å². The summed E-state index contributed by atoms with van der Waals surface area (Å²) in [5.41, 5.74) is -0.897. The highest BCUT2D eigenvalue weighted by Crippen LogP contribution is 2.30. The zero-order chi connectivity index (χ0) is 9.19. The van der Waals surface area contributed by atoms with Gasteiger partial charge in [-0.2, -0.15) is 13.2 Å². The molecule has 0 bridgehead atoms. The zero-order valence-electron chi connectivity index (χ0n) is 5.90. The van der Waals surface area contributed by atoms with E-state index in [2.05, 4.69) is 4.98 Å². The molecule has 66 valence electrons. The molecule has 0 aliphatic heterocycles. The van der Waals surface area contributed by atoms with Gasteiger partial charge in [-0.25, -0.2) is 0 Å². The maximum Gasteiger partial charge on any atom is 0.433 e. The zero-order valence-corrected chi connectivity index (χ0v) is 6.65. The maximum absolute atomic E-state index is 12.1. The Balaban J connectivity index is 3.14. The first-order chi connectivity index (χ1) is 5.55. The SMILES string of the molecule is FC(F)(F)c1ncccc1CCl. The van der Waals surface area contributed by atoms with Gasteiger partial charge in [0.15, 0.2) is 0 Å². The molecule has 1 aromatic rings. The Morgan fingerprint density at radius 3 is 2.50 bits per heavy atom. The fraction of sp³-hybridized carbons (Fsp3) is 0.286. The molecular formula is C7H5ClF3N. The molecule has 0 spiro atoms. The van der Waals surface area contributed by atoms with Crippen LogP contribution in [-0.4, -0.2) is 4.98 Å². The normalized spacial score (nSPS) is 11.7. The van der Waals surface area contributed by atoms with E-state index in [4.69, 9.17) is 11.6 Å². The number of pyridine rings is 1. The van der Waals surface area contributed by atoms with Gasteiger partial charge in [-0.1, -0.05) is 6.07 Å². The van der Waals surface area contributed by atoms with Crippen LogP contribution in [0.4, 0.5) is 13.2 Å². The van der Waals surface area contributed by atoms with Crippen LogP contribution in [-0.2, 0) is 12.1 Å². The highest BCUT2D eigenvalue weighted by atomic mass is 35.5. The van der Waals surface area contributed by atoms with Crippen LogP contribution in [0, 0.1) is 0 Å². The number of rotatable bonds is 1. The van der Waals surface area contributed by atoms with Crippen molar-refractivity contribution in [3.8, 4) is 0 Å². The molecule has 0 fully saturated rings. The smallest absolute Gasteiger partial charge is 0.251 e. The number of aromatic nitrogens is 1. The van der Waals surface area contributed by atoms with E-state index in [1.165, 1.54) is 12.1 Å². The molecule has 1 heterocycles. The number of hydrogen-bond acceptors (Lipinski definition) is 1. The van der Waals surface area contributed by atoms with Gasteiger partial charge in [-0.3, -0.25) is 4.98 Å². The lowest BCUT2D eigenvalue weighted by Crippen LogP contribution is -2.10. The van der Waals surface area contributed by atoms with Crippen LogP contribution in [0.5, 0.6) is 0 Å². The molecule has 0 aromatic carbocycles. The van der Waals surface area contributed by atoms with E-state index in [1.807, 2.05) is 0 Å². The third-order valence-corrected chi connectivity index (χ3v) is 1.59. The van der Waals surface area contributed by atoms with Gasteiger partial charge >= 0.3 is 6.18 Å². The largest absolute Gasteiger partial charge is 0.433 e. The van der Waals surface area contributed by atoms with Crippen LogP contribution in [0.25, 0.3) is 0 Å². The topological polar surface area (TPSA) is 12.9 Å². The van der Waals surface area contributed by atoms with E-state index in [0.717, 1.165) is 6.20 Å². The summed E-state index contributed by atoms with van der Waals surface area (Å²) < 4.78 is 36.3. The second-order valence-electron chi connectivity index (χ2n) is 2.14. The minimum atomic E-state index is -4.41. The number of nitrogens with zero attached hydrogens (tertiary/aromatic N) is 1. The molecule has 12 heavy (non-hydrogen) atoms. The second-order valence-corrected chi connectivity index (χ2v) is 2.41. The fourth-order valence-electron chi connectivity index (χ4n) is 0.802. The number of halogens is 4. The van der Waals surface area contributed by atoms with Crippen molar-refractivity contribution in [3.05, 3.63) is 29.6 Å². The summed E-state index contributed by atoms with van der Waals surface area (Å²) in [6, 6.07) is 2.73. The van der Waals surface area contributed by atoms with Crippen LogP contribution >= 0.6 is 11.6 Å². The molecular weight excluding hydrogens is 191 g/mol. The van der Waals surface area contributed by atoms with E-state index >= 15 is 0 Å². The van der Waals surface area contributed by atoms with Crippen LogP contribution in [0.3, 0.4) is 0 Å². The van der Waals surface area contributed by atoms with E-state index in [-0.39, 0.29) is 11.4 Å². The Kier molecular flexibility index (Phi) is 2.57. The summed E-state index contributed by atoms with van der Waals surface area (Å²) in [7, 11) is 0. The summed E-state index contributed by atoms with van der Waals surface area (Å²) in [6.45, 7) is 0. The lowest BCUT2D eigenvalue weighted by molar-refractivity contribution is -0.141. The Morgan fingerprint density at radius 1 is 1.42 bits per heavy atom. The molecule has 5 heteroatoms. The minimum Gasteiger partial charge on any atom is -0.251 e. The van der Waals surface area contributed by atoms with Crippen molar-refractivity contribution in [1.82, 2.24) is 4.98 Å². The monoisotopic (exact) mass is 195 g/mol. The van der Waals surface area contributed by atoms with Gasteiger partial charge in [0, 0.05) is 12.1 Å². The van der Waals surface area contributed by atoms with Gasteiger partial charge in [0.1, 0.15) is 5.69 Å². The third kappa shape index (κ3) is 1.88. The fourth-order valence-corrected chi connectivity index (χ4v) is 1.02. The van der Waals surface area contributed by atoms with Crippen molar-refractivity contribution in [2.45, 2.75) is 12.1 Å². The predicted octanol–water partition coefficient (Wildman–Crippen LogP) is 2.84. The van der Waals surface area contributed by atoms with Gasteiger partial charge in [0.25, 0.3) is 0 Å². The third-order valence-electron chi connectivity index (χ3n) is 1.30. The summed E-state index contributed by atoms with van der Waals surface area (Å²) >= 11 is 5.30. The van der Waals surface area contributed by atoms with E-state index < -0.39 is 11.9 Å². The summed E-state index contributed by atoms with van der Waals surface area (Å²) in [5.74, 6) is -0.178. The first-order valence-electron chi connectivity index (χ1n) is 3.12. The Labute approximate surface area is 72.2 Å². The van der Waals surface area contributed by atoms with Crippen LogP contribution < -0.4 is 0 Å². The molecule has 0 amide bonds. The highest BCUT2D eigenvalue weighted by Gasteiger charge is 2.34. The van der Waals surface area contributed by atoms with Gasteiger partial charge < -0.3 is 0 Å². The van der Waals surface area contributed by atoms with Crippen molar-refractivity contribution in [1.29, 1.82) is 0 Å². The molecule has 1 rings (SSSR count). The van der Waals surface area contributed by atoms with Gasteiger partial charge in [0.05, 0.1) is 0 Å². The number of hydrogen-bond donors (Lipinski definition) is 0. The first kappa shape index (κ1) is 9.32. The molecule has 1 nitrogen and oxygen atoms in total. The lowest BCUT2D eigenvalue weighted by atomic mass is 10.2. The average Bonchev–Trinajstić information content (AvgIpc) is 2.03. The molecule has 0 atom stereocenters. The van der Waals surface area contributed by atoms with Crippen molar-refractivity contribution >= 4 is 11.6 Å². The van der Waals surface area contributed by atoms with Crippen LogP contribution in [0.2, 0.25) is 0 Å². The van der Waals surface area contributed by atoms with Crippen LogP contribution in [0.15, 0.2) is 18.3 Å². The predicted molar refractivity (Wildman–Crippen MR) is 38.8 cm³/mol. The quantitative estimate of drug-likeness (QED) is 0.628. The molecule has 0 saturated heterocycles. The molecule has 0 saturated carbocycles. The Hall–Kier alpha value is -0.770. The standard InChI is InChI=1S/C7H5ClF3N/c8-4-5-2-1-3-12-6(5)7(9,10)11/h1-3H,4H2. The summed E-state index contributed by atoms with van der Waals surface area (Å²) in [6.07, 6.45) is -3.32. The van der Waals surface area contributed by atoms with E-state index in [9.17, 15) is 13.2 Å². The molecule has 0 N–H and O–H groups in total. The van der Waals surface area contributed by atoms with E-state index in [1.54, 1.807) is 0 Å².